The number of urea groups is 1. The fourth-order valence-electron chi connectivity index (χ4n) is 4.24. The highest BCUT2D eigenvalue weighted by Gasteiger charge is 2.56. The van der Waals surface area contributed by atoms with Crippen molar-refractivity contribution in [2.75, 3.05) is 13.1 Å². The molecule has 0 radical (unpaired) electrons. The Balaban J connectivity index is 1.57. The van der Waals surface area contributed by atoms with Crippen LogP contribution in [0.1, 0.15) is 44.9 Å². The van der Waals surface area contributed by atoms with E-state index in [2.05, 4.69) is 5.32 Å². The maximum absolute atomic E-state index is 13.1. The second-order valence-electron chi connectivity index (χ2n) is 7.01. The minimum atomic E-state index is -2.61. The van der Waals surface area contributed by atoms with E-state index in [1.54, 1.807) is 4.90 Å². The second-order valence-corrected chi connectivity index (χ2v) is 7.01. The molecule has 2 N–H and O–H groups in total. The Kier molecular flexibility index (Phi) is 3.77. The van der Waals surface area contributed by atoms with Gasteiger partial charge < -0.3 is 15.3 Å². The standard InChI is InChI=1S/C15H22F2N2O3/c16-15(17)6-3-11(4-7-15)18-13(22)19-8-10-2-1-5-14(10,9-19)12(20)21/h10-11H,1-9H2,(H,18,22)(H,20,21)/t10-,14+/m0/s1. The number of amides is 2. The molecule has 22 heavy (non-hydrogen) atoms. The lowest BCUT2D eigenvalue weighted by Gasteiger charge is -2.30. The smallest absolute Gasteiger partial charge is 0.317 e. The molecule has 2 saturated carbocycles. The molecule has 2 aliphatic carbocycles. The van der Waals surface area contributed by atoms with Gasteiger partial charge in [-0.2, -0.15) is 0 Å². The van der Waals surface area contributed by atoms with Gasteiger partial charge in [-0.3, -0.25) is 4.79 Å². The summed E-state index contributed by atoms with van der Waals surface area (Å²) in [6, 6.07) is -0.529. The van der Waals surface area contributed by atoms with Crippen molar-refractivity contribution in [2.24, 2.45) is 11.3 Å². The van der Waals surface area contributed by atoms with E-state index >= 15 is 0 Å². The van der Waals surface area contributed by atoms with Crippen molar-refractivity contribution >= 4 is 12.0 Å². The number of likely N-dealkylation sites (tertiary alicyclic amines) is 1. The Bertz CT molecular complexity index is 475. The number of nitrogens with one attached hydrogen (secondary N) is 1. The van der Waals surface area contributed by atoms with Crippen LogP contribution in [0.25, 0.3) is 0 Å². The van der Waals surface area contributed by atoms with Crippen molar-refractivity contribution in [2.45, 2.75) is 56.9 Å². The molecule has 3 aliphatic rings. The third kappa shape index (κ3) is 2.65. The lowest BCUT2D eigenvalue weighted by molar-refractivity contribution is -0.149. The number of hydrogen-bond donors (Lipinski definition) is 2. The average molecular weight is 316 g/mol. The van der Waals surface area contributed by atoms with Gasteiger partial charge in [0.05, 0.1) is 5.41 Å². The Morgan fingerprint density at radius 3 is 2.41 bits per heavy atom. The number of alkyl halides is 2. The number of hydrogen-bond acceptors (Lipinski definition) is 2. The average Bonchev–Trinajstić information content (AvgIpc) is 2.98. The first-order valence-corrected chi connectivity index (χ1v) is 7.99. The van der Waals surface area contributed by atoms with Gasteiger partial charge in [0.1, 0.15) is 0 Å². The highest BCUT2D eigenvalue weighted by atomic mass is 19.3. The summed E-state index contributed by atoms with van der Waals surface area (Å²) in [4.78, 5) is 25.5. The van der Waals surface area contributed by atoms with E-state index in [4.69, 9.17) is 0 Å². The summed E-state index contributed by atoms with van der Waals surface area (Å²) in [7, 11) is 0. The fraction of sp³-hybridized carbons (Fsp3) is 0.867. The quantitative estimate of drug-likeness (QED) is 0.822. The number of carboxylic acid groups (broad SMARTS) is 1. The molecule has 0 bridgehead atoms. The van der Waals surface area contributed by atoms with Crippen LogP contribution in [0.3, 0.4) is 0 Å². The van der Waals surface area contributed by atoms with Crippen LogP contribution in [0.4, 0.5) is 13.6 Å². The highest BCUT2D eigenvalue weighted by molar-refractivity contribution is 5.80. The molecular weight excluding hydrogens is 294 g/mol. The van der Waals surface area contributed by atoms with Gasteiger partial charge in [0.25, 0.3) is 0 Å². The number of carbonyl (C=O) groups is 2. The van der Waals surface area contributed by atoms with Crippen molar-refractivity contribution in [3.63, 3.8) is 0 Å². The molecule has 124 valence electrons. The maximum atomic E-state index is 13.1. The molecular formula is C15H22F2N2O3. The number of rotatable bonds is 2. The first kappa shape index (κ1) is 15.5. The number of halogens is 2. The molecule has 0 aromatic heterocycles. The molecule has 1 saturated heterocycles. The van der Waals surface area contributed by atoms with Crippen LogP contribution >= 0.6 is 0 Å². The molecule has 0 unspecified atom stereocenters. The molecule has 3 rings (SSSR count). The maximum Gasteiger partial charge on any atom is 0.317 e. The summed E-state index contributed by atoms with van der Waals surface area (Å²) in [6.45, 7) is 0.697. The van der Waals surface area contributed by atoms with E-state index < -0.39 is 17.3 Å². The normalized spacial score (nSPS) is 34.5. The number of nitrogens with zero attached hydrogens (tertiary/aromatic N) is 1. The van der Waals surface area contributed by atoms with E-state index in [1.165, 1.54) is 0 Å². The van der Waals surface area contributed by atoms with E-state index in [0.717, 1.165) is 12.8 Å². The Hall–Kier alpha value is -1.40. The highest BCUT2D eigenvalue weighted by Crippen LogP contribution is 2.48. The van der Waals surface area contributed by atoms with Crippen LogP contribution in [0.2, 0.25) is 0 Å². The molecule has 0 aromatic carbocycles. The van der Waals surface area contributed by atoms with Crippen LogP contribution in [0.5, 0.6) is 0 Å². The van der Waals surface area contributed by atoms with Crippen molar-refractivity contribution in [1.29, 1.82) is 0 Å². The fourth-order valence-corrected chi connectivity index (χ4v) is 4.24. The van der Waals surface area contributed by atoms with Gasteiger partial charge >= 0.3 is 12.0 Å². The molecule has 3 fully saturated rings. The number of carbonyl (C=O) groups excluding carboxylic acids is 1. The van der Waals surface area contributed by atoms with E-state index in [9.17, 15) is 23.5 Å². The van der Waals surface area contributed by atoms with Crippen LogP contribution in [0.15, 0.2) is 0 Å². The van der Waals surface area contributed by atoms with Crippen LogP contribution < -0.4 is 5.32 Å². The van der Waals surface area contributed by atoms with Gasteiger partial charge in [-0.25, -0.2) is 13.6 Å². The molecule has 1 heterocycles. The monoisotopic (exact) mass is 316 g/mol. The van der Waals surface area contributed by atoms with Crippen LogP contribution in [0, 0.1) is 11.3 Å². The molecule has 0 aromatic rings. The first-order chi connectivity index (χ1) is 10.3. The number of carboxylic acids is 1. The van der Waals surface area contributed by atoms with E-state index in [-0.39, 0.29) is 50.2 Å². The second kappa shape index (κ2) is 5.35. The number of aliphatic carboxylic acids is 1. The Labute approximate surface area is 128 Å². The molecule has 1 aliphatic heterocycles. The summed E-state index contributed by atoms with van der Waals surface area (Å²) in [5.74, 6) is -3.41. The summed E-state index contributed by atoms with van der Waals surface area (Å²) >= 11 is 0. The van der Waals surface area contributed by atoms with Gasteiger partial charge in [-0.15, -0.1) is 0 Å². The molecule has 0 spiro atoms. The van der Waals surface area contributed by atoms with E-state index in [1.807, 2.05) is 0 Å². The summed E-state index contributed by atoms with van der Waals surface area (Å²) in [6.07, 6.45) is 2.52. The van der Waals surface area contributed by atoms with Gasteiger partial charge in [-0.1, -0.05) is 6.42 Å². The third-order valence-corrected chi connectivity index (χ3v) is 5.63. The molecule has 2 atom stereocenters. The van der Waals surface area contributed by atoms with Crippen molar-refractivity contribution < 1.29 is 23.5 Å². The zero-order chi connectivity index (χ0) is 16.0. The van der Waals surface area contributed by atoms with Gasteiger partial charge in [-0.05, 0) is 31.6 Å². The lowest BCUT2D eigenvalue weighted by atomic mass is 9.81. The molecule has 5 nitrogen and oxygen atoms in total. The van der Waals surface area contributed by atoms with Gasteiger partial charge in [0.2, 0.25) is 5.92 Å². The van der Waals surface area contributed by atoms with E-state index in [0.29, 0.717) is 13.0 Å². The predicted molar refractivity (Wildman–Crippen MR) is 74.7 cm³/mol. The van der Waals surface area contributed by atoms with Gasteiger partial charge in [0.15, 0.2) is 0 Å². The topological polar surface area (TPSA) is 69.6 Å². The first-order valence-electron chi connectivity index (χ1n) is 7.99. The summed E-state index contributed by atoms with van der Waals surface area (Å²) in [5, 5.41) is 12.3. The molecule has 2 amide bonds. The number of fused-ring (bicyclic) bond motifs is 1. The minimum Gasteiger partial charge on any atom is -0.481 e. The zero-order valence-corrected chi connectivity index (χ0v) is 12.5. The van der Waals surface area contributed by atoms with Crippen molar-refractivity contribution in [3.05, 3.63) is 0 Å². The predicted octanol–water partition coefficient (Wildman–Crippen LogP) is 2.46. The summed E-state index contributed by atoms with van der Waals surface area (Å²) < 4.78 is 26.2. The zero-order valence-electron chi connectivity index (χ0n) is 12.5. The Morgan fingerprint density at radius 1 is 1.14 bits per heavy atom. The SMILES string of the molecule is O=C(NC1CCC(F)(F)CC1)N1C[C@@H]2CCC[C@@]2(C(=O)O)C1. The summed E-state index contributed by atoms with van der Waals surface area (Å²) in [5.41, 5.74) is -0.795. The van der Waals surface area contributed by atoms with Crippen molar-refractivity contribution in [3.8, 4) is 0 Å². The van der Waals surface area contributed by atoms with Crippen LogP contribution in [-0.2, 0) is 4.79 Å². The Morgan fingerprint density at radius 2 is 1.82 bits per heavy atom. The van der Waals surface area contributed by atoms with Crippen LogP contribution in [-0.4, -0.2) is 47.1 Å². The van der Waals surface area contributed by atoms with Crippen molar-refractivity contribution in [1.82, 2.24) is 10.2 Å². The minimum absolute atomic E-state index is 0.0199. The molecule has 7 heteroatoms. The third-order valence-electron chi connectivity index (χ3n) is 5.63. The van der Waals surface area contributed by atoms with Gasteiger partial charge in [0, 0.05) is 32.0 Å². The largest absolute Gasteiger partial charge is 0.481 e. The lowest BCUT2D eigenvalue weighted by Crippen LogP contribution is -2.47.